The Hall–Kier alpha value is -2.57. The van der Waals surface area contributed by atoms with Gasteiger partial charge in [0.2, 0.25) is 5.88 Å². The molecule has 7 heteroatoms. The smallest absolute Gasteiger partial charge is 0.233 e. The van der Waals surface area contributed by atoms with Crippen LogP contribution in [0.25, 0.3) is 5.69 Å². The Kier molecular flexibility index (Phi) is 4.92. The predicted molar refractivity (Wildman–Crippen MR) is 96.6 cm³/mol. The molecule has 0 unspecified atom stereocenters. The van der Waals surface area contributed by atoms with Gasteiger partial charge in [-0.25, -0.2) is 14.9 Å². The Labute approximate surface area is 150 Å². The highest BCUT2D eigenvalue weighted by Crippen LogP contribution is 2.24. The molecule has 3 aromatic rings. The first kappa shape index (κ1) is 17.3. The number of ether oxygens (including phenoxy) is 1. The van der Waals surface area contributed by atoms with Gasteiger partial charge in [-0.05, 0) is 30.7 Å². The summed E-state index contributed by atoms with van der Waals surface area (Å²) in [6.07, 6.45) is 1.70. The minimum Gasteiger partial charge on any atom is -0.472 e. The van der Waals surface area contributed by atoms with Gasteiger partial charge in [0.05, 0.1) is 16.4 Å². The maximum Gasteiger partial charge on any atom is 0.233 e. The number of anilines is 1. The molecule has 0 aliphatic heterocycles. The van der Waals surface area contributed by atoms with E-state index >= 15 is 0 Å². The summed E-state index contributed by atoms with van der Waals surface area (Å²) in [5, 5.41) is 5.94. The Morgan fingerprint density at radius 2 is 2.08 bits per heavy atom. The van der Waals surface area contributed by atoms with Gasteiger partial charge >= 0.3 is 0 Å². The van der Waals surface area contributed by atoms with Gasteiger partial charge < -0.3 is 9.75 Å². The summed E-state index contributed by atoms with van der Waals surface area (Å²) in [5.74, 6) is 5.81. The molecule has 1 heterocycles. The van der Waals surface area contributed by atoms with E-state index in [0.717, 1.165) is 16.8 Å². The fourth-order valence-corrected chi connectivity index (χ4v) is 2.62. The van der Waals surface area contributed by atoms with Crippen molar-refractivity contribution in [3.05, 3.63) is 70.6 Å². The van der Waals surface area contributed by atoms with Crippen molar-refractivity contribution in [3.63, 3.8) is 0 Å². The molecule has 0 bridgehead atoms. The summed E-state index contributed by atoms with van der Waals surface area (Å²) >= 11 is 5.70. The molecule has 2 aromatic carbocycles. The molecular weight excluding hydrogens is 343 g/mol. The topological polar surface area (TPSA) is 56.3 Å². The molecule has 0 saturated carbocycles. The van der Waals surface area contributed by atoms with E-state index in [1.165, 1.54) is 16.8 Å². The molecule has 3 rings (SSSR count). The van der Waals surface area contributed by atoms with Gasteiger partial charge in [-0.2, -0.15) is 0 Å². The number of nitrogens with two attached hydrogens (primary N) is 1. The van der Waals surface area contributed by atoms with E-state index in [1.54, 1.807) is 30.4 Å². The van der Waals surface area contributed by atoms with E-state index in [9.17, 15) is 4.39 Å². The molecule has 2 N–H and O–H groups in total. The Bertz CT molecular complexity index is 895. The summed E-state index contributed by atoms with van der Waals surface area (Å²) in [6.45, 7) is 2.33. The minimum absolute atomic E-state index is 0.0744. The summed E-state index contributed by atoms with van der Waals surface area (Å²) in [6, 6.07) is 12.1. The number of halogens is 2. The average Bonchev–Trinajstić information content (AvgIpc) is 3.05. The van der Waals surface area contributed by atoms with Crippen molar-refractivity contribution in [2.24, 2.45) is 5.84 Å². The molecule has 1 aromatic heterocycles. The van der Waals surface area contributed by atoms with E-state index in [2.05, 4.69) is 5.10 Å². The lowest BCUT2D eigenvalue weighted by Gasteiger charge is -2.18. The van der Waals surface area contributed by atoms with Crippen LogP contribution < -0.4 is 15.6 Å². The molecule has 0 fully saturated rings. The highest BCUT2D eigenvalue weighted by atomic mass is 35.5. The quantitative estimate of drug-likeness (QED) is 0.554. The van der Waals surface area contributed by atoms with Crippen LogP contribution in [0.1, 0.15) is 11.1 Å². The Morgan fingerprint density at radius 1 is 1.28 bits per heavy atom. The highest BCUT2D eigenvalue weighted by Gasteiger charge is 2.10. The number of nitrogens with zero attached hydrogens (tertiary/aromatic N) is 3. The number of hydrogen-bond donors (Lipinski definition) is 1. The second-order valence-corrected chi connectivity index (χ2v) is 6.08. The largest absolute Gasteiger partial charge is 0.472 e. The Balaban J connectivity index is 1.78. The molecule has 0 saturated heterocycles. The van der Waals surface area contributed by atoms with E-state index in [1.807, 2.05) is 25.1 Å². The van der Waals surface area contributed by atoms with Crippen LogP contribution in [0, 0.1) is 12.7 Å². The highest BCUT2D eigenvalue weighted by molar-refractivity contribution is 6.30. The average molecular weight is 361 g/mol. The van der Waals surface area contributed by atoms with Crippen LogP contribution in [0.3, 0.4) is 0 Å². The van der Waals surface area contributed by atoms with Crippen molar-refractivity contribution in [3.8, 4) is 11.6 Å². The predicted octanol–water partition coefficient (Wildman–Crippen LogP) is 3.86. The zero-order valence-electron chi connectivity index (χ0n) is 13.9. The third-order valence-electron chi connectivity index (χ3n) is 3.86. The fraction of sp³-hybridized carbons (Fsp3) is 0.167. The molecule has 0 aliphatic rings. The van der Waals surface area contributed by atoms with Crippen LogP contribution in [0.4, 0.5) is 10.1 Å². The molecule has 0 atom stereocenters. The van der Waals surface area contributed by atoms with Crippen molar-refractivity contribution < 1.29 is 9.13 Å². The van der Waals surface area contributed by atoms with Gasteiger partial charge in [0.15, 0.2) is 0 Å². The van der Waals surface area contributed by atoms with E-state index < -0.39 is 5.82 Å². The third kappa shape index (κ3) is 3.75. The second kappa shape index (κ2) is 7.13. The van der Waals surface area contributed by atoms with Crippen LogP contribution in [0.5, 0.6) is 5.88 Å². The number of aromatic nitrogens is 2. The van der Waals surface area contributed by atoms with Crippen molar-refractivity contribution in [1.82, 2.24) is 9.78 Å². The lowest BCUT2D eigenvalue weighted by molar-refractivity contribution is 0.291. The van der Waals surface area contributed by atoms with Crippen molar-refractivity contribution >= 4 is 17.3 Å². The SMILES string of the molecule is Cc1cccc(N(C)N)c1COc1ccn(-c2ccc(Cl)c(F)c2)n1. The lowest BCUT2D eigenvalue weighted by atomic mass is 10.1. The molecule has 0 spiro atoms. The number of aryl methyl sites for hydroxylation is 1. The number of rotatable bonds is 5. The molecule has 0 aliphatic carbocycles. The van der Waals surface area contributed by atoms with Gasteiger partial charge in [-0.15, -0.1) is 5.10 Å². The first-order valence-corrected chi connectivity index (χ1v) is 8.04. The maximum atomic E-state index is 13.6. The summed E-state index contributed by atoms with van der Waals surface area (Å²) in [5.41, 5.74) is 3.52. The zero-order chi connectivity index (χ0) is 18.0. The first-order valence-electron chi connectivity index (χ1n) is 7.66. The third-order valence-corrected chi connectivity index (χ3v) is 4.17. The summed E-state index contributed by atoms with van der Waals surface area (Å²) in [7, 11) is 1.78. The van der Waals surface area contributed by atoms with Crippen molar-refractivity contribution in [2.75, 3.05) is 12.1 Å². The van der Waals surface area contributed by atoms with Gasteiger partial charge in [-0.1, -0.05) is 23.7 Å². The van der Waals surface area contributed by atoms with Crippen LogP contribution in [-0.2, 0) is 6.61 Å². The summed E-state index contributed by atoms with van der Waals surface area (Å²) < 4.78 is 20.9. The second-order valence-electron chi connectivity index (χ2n) is 5.67. The van der Waals surface area contributed by atoms with Gasteiger partial charge in [0, 0.05) is 30.9 Å². The van der Waals surface area contributed by atoms with E-state index in [4.69, 9.17) is 22.2 Å². The van der Waals surface area contributed by atoms with Gasteiger partial charge in [-0.3, -0.25) is 0 Å². The number of hydrazine groups is 1. The normalized spacial score (nSPS) is 10.8. The molecule has 130 valence electrons. The maximum absolute atomic E-state index is 13.6. The molecule has 25 heavy (non-hydrogen) atoms. The molecular formula is C18H18ClFN4O. The number of benzene rings is 2. The van der Waals surface area contributed by atoms with Crippen LogP contribution in [-0.4, -0.2) is 16.8 Å². The lowest BCUT2D eigenvalue weighted by Crippen LogP contribution is -2.26. The fourth-order valence-electron chi connectivity index (χ4n) is 2.51. The summed E-state index contributed by atoms with van der Waals surface area (Å²) in [4.78, 5) is 0. The zero-order valence-corrected chi connectivity index (χ0v) is 14.7. The van der Waals surface area contributed by atoms with Crippen molar-refractivity contribution in [2.45, 2.75) is 13.5 Å². The van der Waals surface area contributed by atoms with Gasteiger partial charge in [0.1, 0.15) is 12.4 Å². The standard InChI is InChI=1S/C18H18ClFN4O/c1-12-4-3-5-17(23(2)21)14(12)11-25-18-8-9-24(22-18)13-6-7-15(19)16(20)10-13/h3-10H,11,21H2,1-2H3. The van der Waals surface area contributed by atoms with E-state index in [-0.39, 0.29) is 5.02 Å². The molecule has 0 radical (unpaired) electrons. The van der Waals surface area contributed by atoms with Crippen LogP contribution in [0.2, 0.25) is 5.02 Å². The van der Waals surface area contributed by atoms with Crippen LogP contribution >= 0.6 is 11.6 Å². The van der Waals surface area contributed by atoms with E-state index in [0.29, 0.717) is 18.2 Å². The van der Waals surface area contributed by atoms with Crippen molar-refractivity contribution in [1.29, 1.82) is 0 Å². The minimum atomic E-state index is -0.493. The van der Waals surface area contributed by atoms with Crippen LogP contribution in [0.15, 0.2) is 48.7 Å². The molecule has 5 nitrogen and oxygen atoms in total. The molecule has 0 amide bonds. The first-order chi connectivity index (χ1) is 12.0. The number of hydrogen-bond acceptors (Lipinski definition) is 4. The monoisotopic (exact) mass is 360 g/mol. The van der Waals surface area contributed by atoms with Gasteiger partial charge in [0.25, 0.3) is 0 Å². The Morgan fingerprint density at radius 3 is 2.80 bits per heavy atom.